The van der Waals surface area contributed by atoms with Gasteiger partial charge >= 0.3 is 6.61 Å². The van der Waals surface area contributed by atoms with Gasteiger partial charge in [0.15, 0.2) is 0 Å². The molecule has 172 valence electrons. The Morgan fingerprint density at radius 3 is 2.74 bits per heavy atom. The summed E-state index contributed by atoms with van der Waals surface area (Å²) in [4.78, 5) is 20.1. The van der Waals surface area contributed by atoms with Crippen LogP contribution in [0.1, 0.15) is 27.4 Å². The van der Waals surface area contributed by atoms with Crippen LogP contribution in [0.5, 0.6) is 11.5 Å². The predicted molar refractivity (Wildman–Crippen MR) is 117 cm³/mol. The van der Waals surface area contributed by atoms with Crippen molar-refractivity contribution in [1.29, 1.82) is 5.26 Å². The number of para-hydroxylation sites is 1. The number of imidazole rings is 1. The molecule has 0 aliphatic rings. The minimum atomic E-state index is -2.97. The first kappa shape index (κ1) is 22.6. The summed E-state index contributed by atoms with van der Waals surface area (Å²) in [5.41, 5.74) is 4.30. The van der Waals surface area contributed by atoms with Crippen molar-refractivity contribution in [2.45, 2.75) is 19.8 Å². The average molecular weight is 464 g/mol. The molecule has 2 heterocycles. The van der Waals surface area contributed by atoms with Crippen LogP contribution in [-0.4, -0.2) is 27.1 Å². The molecule has 0 aliphatic carbocycles. The van der Waals surface area contributed by atoms with Crippen LogP contribution in [0.4, 0.5) is 8.78 Å². The molecule has 0 unspecified atom stereocenters. The maximum atomic E-state index is 12.9. The fourth-order valence-corrected chi connectivity index (χ4v) is 3.37. The number of fused-ring (bicyclic) bond motifs is 1. The maximum Gasteiger partial charge on any atom is 0.387 e. The van der Waals surface area contributed by atoms with Crippen LogP contribution in [0.15, 0.2) is 60.8 Å². The normalized spacial score (nSPS) is 10.8. The number of hydrogen-bond donors (Lipinski definition) is 2. The van der Waals surface area contributed by atoms with Gasteiger partial charge in [0.05, 0.1) is 35.4 Å². The summed E-state index contributed by atoms with van der Waals surface area (Å²) in [6.07, 6.45) is 1.37. The number of carbonyl (C=O) groups is 1. The molecule has 2 aromatic heterocycles. The second-order valence-corrected chi connectivity index (χ2v) is 7.06. The molecule has 0 radical (unpaired) electrons. The molecule has 9 nitrogen and oxygen atoms in total. The predicted octanol–water partition coefficient (Wildman–Crippen LogP) is 3.14. The second-order valence-electron chi connectivity index (χ2n) is 7.06. The van der Waals surface area contributed by atoms with Crippen molar-refractivity contribution in [3.63, 3.8) is 0 Å². The molecule has 1 amide bonds. The molecule has 0 fully saturated rings. The van der Waals surface area contributed by atoms with Gasteiger partial charge in [0, 0.05) is 5.56 Å². The van der Waals surface area contributed by atoms with Crippen molar-refractivity contribution in [3.05, 3.63) is 83.4 Å². The van der Waals surface area contributed by atoms with Gasteiger partial charge in [0.1, 0.15) is 29.6 Å². The van der Waals surface area contributed by atoms with E-state index in [1.807, 2.05) is 5.43 Å². The average Bonchev–Trinajstić information content (AvgIpc) is 3.19. The number of rotatable bonds is 8. The van der Waals surface area contributed by atoms with E-state index in [4.69, 9.17) is 10.6 Å². The molecule has 0 bridgehead atoms. The van der Waals surface area contributed by atoms with Gasteiger partial charge < -0.3 is 14.0 Å². The quantitative estimate of drug-likeness (QED) is 0.233. The third kappa shape index (κ3) is 4.92. The van der Waals surface area contributed by atoms with Gasteiger partial charge in [-0.2, -0.15) is 14.0 Å². The third-order valence-electron chi connectivity index (χ3n) is 4.94. The van der Waals surface area contributed by atoms with Crippen LogP contribution in [0.25, 0.3) is 11.0 Å². The molecule has 0 saturated carbocycles. The number of nitriles is 1. The van der Waals surface area contributed by atoms with Gasteiger partial charge in [-0.3, -0.25) is 10.2 Å². The summed E-state index contributed by atoms with van der Waals surface area (Å²) in [5, 5.41) is 9.31. The second kappa shape index (κ2) is 9.93. The van der Waals surface area contributed by atoms with E-state index >= 15 is 0 Å². The summed E-state index contributed by atoms with van der Waals surface area (Å²) in [5.74, 6) is 5.47. The van der Waals surface area contributed by atoms with Crippen molar-refractivity contribution in [3.8, 4) is 17.6 Å². The number of amides is 1. The number of nitrogens with zero attached hydrogens (tertiary/aromatic N) is 4. The van der Waals surface area contributed by atoms with Crippen LogP contribution < -0.4 is 20.7 Å². The number of aromatic nitrogens is 3. The molecule has 34 heavy (non-hydrogen) atoms. The van der Waals surface area contributed by atoms with Crippen LogP contribution in [0.2, 0.25) is 0 Å². The minimum absolute atomic E-state index is 0.0125. The van der Waals surface area contributed by atoms with Crippen LogP contribution >= 0.6 is 0 Å². The van der Waals surface area contributed by atoms with E-state index in [9.17, 15) is 18.8 Å². The number of hydrazine groups is 1. The standard InChI is InChI=1S/C23H18F2N6O3/c24-23(25)34-20-4-2-1-3-15(20)12-31-19-9-14(10-26)5-7-17(19)29-21(31)13-33-16-6-8-18(28-11-16)22(32)30-27/h1-9,11,23H,12-13,27H2,(H,30,32). The molecule has 0 spiro atoms. The Hall–Kier alpha value is -4.56. The van der Waals surface area contributed by atoms with E-state index in [1.54, 1.807) is 47.0 Å². The zero-order chi connectivity index (χ0) is 24.1. The summed E-state index contributed by atoms with van der Waals surface area (Å²) >= 11 is 0. The molecular formula is C23H18F2N6O3. The highest BCUT2D eigenvalue weighted by molar-refractivity contribution is 5.91. The molecule has 2 aromatic carbocycles. The number of carbonyl (C=O) groups excluding carboxylic acids is 1. The summed E-state index contributed by atoms with van der Waals surface area (Å²) < 4.78 is 38.0. The van der Waals surface area contributed by atoms with Crippen molar-refractivity contribution in [2.24, 2.45) is 5.84 Å². The third-order valence-corrected chi connectivity index (χ3v) is 4.94. The Morgan fingerprint density at radius 1 is 1.21 bits per heavy atom. The first-order valence-electron chi connectivity index (χ1n) is 10.00. The highest BCUT2D eigenvalue weighted by Crippen LogP contribution is 2.26. The van der Waals surface area contributed by atoms with Crippen LogP contribution in [-0.2, 0) is 13.2 Å². The van der Waals surface area contributed by atoms with Gasteiger partial charge in [-0.05, 0) is 36.4 Å². The lowest BCUT2D eigenvalue weighted by molar-refractivity contribution is -0.0504. The zero-order valence-electron chi connectivity index (χ0n) is 17.6. The number of pyridine rings is 1. The Kier molecular flexibility index (Phi) is 6.61. The highest BCUT2D eigenvalue weighted by atomic mass is 19.3. The van der Waals surface area contributed by atoms with E-state index < -0.39 is 12.5 Å². The molecule has 0 aliphatic heterocycles. The van der Waals surface area contributed by atoms with Gasteiger partial charge in [-0.15, -0.1) is 0 Å². The monoisotopic (exact) mass is 464 g/mol. The van der Waals surface area contributed by atoms with E-state index in [0.29, 0.717) is 33.7 Å². The molecule has 0 atom stereocenters. The van der Waals surface area contributed by atoms with Gasteiger partial charge in [0.25, 0.3) is 5.91 Å². The Morgan fingerprint density at radius 2 is 2.03 bits per heavy atom. The molecule has 4 aromatic rings. The first-order valence-corrected chi connectivity index (χ1v) is 10.00. The number of nitrogens with two attached hydrogens (primary N) is 1. The lowest BCUT2D eigenvalue weighted by Crippen LogP contribution is -2.30. The lowest BCUT2D eigenvalue weighted by atomic mass is 10.2. The minimum Gasteiger partial charge on any atom is -0.484 e. The Balaban J connectivity index is 1.67. The number of alkyl halides is 2. The largest absolute Gasteiger partial charge is 0.484 e. The molecule has 11 heteroatoms. The van der Waals surface area contributed by atoms with Crippen molar-refractivity contribution in [1.82, 2.24) is 20.0 Å². The number of nitrogens with one attached hydrogen (secondary N) is 1. The fraction of sp³-hybridized carbons (Fsp3) is 0.130. The van der Waals surface area contributed by atoms with E-state index in [2.05, 4.69) is 20.8 Å². The SMILES string of the molecule is N#Cc1ccc2nc(COc3ccc(C(=O)NN)nc3)n(Cc3ccccc3OC(F)F)c2c1. The Bertz CT molecular complexity index is 1370. The van der Waals surface area contributed by atoms with Gasteiger partial charge in [-0.25, -0.2) is 15.8 Å². The highest BCUT2D eigenvalue weighted by Gasteiger charge is 2.16. The topological polar surface area (TPSA) is 128 Å². The number of nitrogen functional groups attached to an aromatic ring is 1. The van der Waals surface area contributed by atoms with E-state index in [0.717, 1.165) is 0 Å². The van der Waals surface area contributed by atoms with Crippen LogP contribution in [0.3, 0.4) is 0 Å². The number of hydrogen-bond acceptors (Lipinski definition) is 7. The molecule has 3 N–H and O–H groups in total. The van der Waals surface area contributed by atoms with Crippen LogP contribution in [0, 0.1) is 11.3 Å². The maximum absolute atomic E-state index is 12.9. The number of benzene rings is 2. The van der Waals surface area contributed by atoms with Gasteiger partial charge in [0.2, 0.25) is 0 Å². The smallest absolute Gasteiger partial charge is 0.387 e. The first-order chi connectivity index (χ1) is 16.5. The molecular weight excluding hydrogens is 446 g/mol. The zero-order valence-corrected chi connectivity index (χ0v) is 17.6. The van der Waals surface area contributed by atoms with Gasteiger partial charge in [-0.1, -0.05) is 18.2 Å². The molecule has 4 rings (SSSR count). The van der Waals surface area contributed by atoms with Crippen molar-refractivity contribution >= 4 is 16.9 Å². The van der Waals surface area contributed by atoms with E-state index in [-0.39, 0.29) is 24.6 Å². The lowest BCUT2D eigenvalue weighted by Gasteiger charge is -2.14. The summed E-state index contributed by atoms with van der Waals surface area (Å²) in [6, 6.07) is 16.6. The summed E-state index contributed by atoms with van der Waals surface area (Å²) in [7, 11) is 0. The molecule has 0 saturated heterocycles. The fourth-order valence-electron chi connectivity index (χ4n) is 3.37. The number of halogens is 2. The van der Waals surface area contributed by atoms with E-state index in [1.165, 1.54) is 18.3 Å². The van der Waals surface area contributed by atoms with Crippen molar-refractivity contribution < 1.29 is 23.0 Å². The van der Waals surface area contributed by atoms with Crippen molar-refractivity contribution in [2.75, 3.05) is 0 Å². The number of ether oxygens (including phenoxy) is 2. The summed E-state index contributed by atoms with van der Waals surface area (Å²) in [6.45, 7) is -2.80. The Labute approximate surface area is 192 Å².